The zero-order chi connectivity index (χ0) is 29.4. The number of halogens is 18. The average Bonchev–Trinajstić information content (AvgIpc) is 2.64. The van der Waals surface area contributed by atoms with Gasteiger partial charge in [0.15, 0.2) is 0 Å². The fourth-order valence-electron chi connectivity index (χ4n) is 2.63. The Morgan fingerprint density at radius 3 is 1.11 bits per heavy atom. The molecule has 0 unspecified atom stereocenters. The van der Waals surface area contributed by atoms with Crippen LogP contribution >= 0.6 is 0 Å². The van der Waals surface area contributed by atoms with Gasteiger partial charge in [0.25, 0.3) is 0 Å². The van der Waals surface area contributed by atoms with Crippen LogP contribution in [0.2, 0.25) is 0 Å². The topological polar surface area (TPSA) is 20.2 Å². The maximum absolute atomic E-state index is 14.4. The van der Waals surface area contributed by atoms with Crippen molar-refractivity contribution in [2.45, 2.75) is 67.3 Å². The molecular weight excluding hydrogens is 562 g/mol. The van der Waals surface area contributed by atoms with Gasteiger partial charge in [0.05, 0.1) is 5.60 Å². The Labute approximate surface area is 187 Å². The van der Waals surface area contributed by atoms with Crippen molar-refractivity contribution in [2.24, 2.45) is 0 Å². The third-order valence-corrected chi connectivity index (χ3v) is 4.67. The molecule has 0 spiro atoms. The molecule has 0 aliphatic heterocycles. The minimum absolute atomic E-state index is 0.339. The van der Waals surface area contributed by atoms with Crippen molar-refractivity contribution in [1.29, 1.82) is 0 Å². The molecule has 0 aliphatic rings. The summed E-state index contributed by atoms with van der Waals surface area (Å²) in [6.07, 6.45) is -14.8. The Bertz CT molecular complexity index is 963. The van der Waals surface area contributed by atoms with Crippen LogP contribution in [0.3, 0.4) is 0 Å². The zero-order valence-electron chi connectivity index (χ0n) is 17.0. The van der Waals surface area contributed by atoms with Crippen molar-refractivity contribution in [1.82, 2.24) is 0 Å². The van der Waals surface area contributed by atoms with Crippen LogP contribution in [-0.4, -0.2) is 41.1 Å². The zero-order valence-corrected chi connectivity index (χ0v) is 17.0. The largest absolute Gasteiger partial charge is 0.460 e. The van der Waals surface area contributed by atoms with Gasteiger partial charge in [0.2, 0.25) is 0 Å². The summed E-state index contributed by atoms with van der Waals surface area (Å²) >= 11 is 0. The Hall–Kier alpha value is -2.08. The molecule has 0 saturated heterocycles. The Morgan fingerprint density at radius 1 is 0.472 bits per heavy atom. The lowest BCUT2D eigenvalue weighted by atomic mass is 9.83. The molecule has 0 bridgehead atoms. The van der Waals surface area contributed by atoms with Gasteiger partial charge in [-0.3, -0.25) is 0 Å². The van der Waals surface area contributed by atoms with E-state index in [0.29, 0.717) is 13.8 Å². The van der Waals surface area contributed by atoms with E-state index in [9.17, 15) is 84.1 Å². The molecule has 36 heavy (non-hydrogen) atoms. The number of rotatable bonds is 7. The van der Waals surface area contributed by atoms with Crippen molar-refractivity contribution >= 4 is 0 Å². The summed E-state index contributed by atoms with van der Waals surface area (Å²) in [6.45, 7) is 0.679. The monoisotopic (exact) mass is 572 g/mol. The minimum Gasteiger partial charge on any atom is -0.386 e. The summed E-state index contributed by atoms with van der Waals surface area (Å²) in [4.78, 5) is 0. The van der Waals surface area contributed by atoms with Gasteiger partial charge in [-0.1, -0.05) is 12.1 Å². The third-order valence-electron chi connectivity index (χ3n) is 4.67. The van der Waals surface area contributed by atoms with Crippen molar-refractivity contribution < 1.29 is 84.1 Å². The van der Waals surface area contributed by atoms with E-state index in [4.69, 9.17) is 0 Å². The molecule has 19 heteroatoms. The second-order valence-corrected chi connectivity index (χ2v) is 7.76. The summed E-state index contributed by atoms with van der Waals surface area (Å²) in [7, 11) is 0. The minimum atomic E-state index is -7.65. The summed E-state index contributed by atoms with van der Waals surface area (Å²) < 4.78 is 238. The molecule has 0 atom stereocenters. The Kier molecular flexibility index (Phi) is 7.29. The van der Waals surface area contributed by atoms with E-state index in [1.54, 1.807) is 0 Å². The van der Waals surface area contributed by atoms with Crippen LogP contribution in [0.1, 0.15) is 30.5 Å². The SMILES string of the molecule is CC(C)(O)c1ccc(C(F)(F)C(F)(F)C(F)(F)C(F)(F)F)cc1C(F)(F)C(F)(F)C(F)(F)C(F)(F)F. The quantitative estimate of drug-likeness (QED) is 0.332. The summed E-state index contributed by atoms with van der Waals surface area (Å²) in [5, 5.41) is 9.76. The van der Waals surface area contributed by atoms with Gasteiger partial charge in [-0.2, -0.15) is 79.0 Å². The maximum atomic E-state index is 14.4. The van der Waals surface area contributed by atoms with Crippen molar-refractivity contribution in [3.63, 3.8) is 0 Å². The molecule has 1 aromatic rings. The van der Waals surface area contributed by atoms with Gasteiger partial charge >= 0.3 is 47.9 Å². The van der Waals surface area contributed by atoms with E-state index in [2.05, 4.69) is 0 Å². The third kappa shape index (κ3) is 4.44. The van der Waals surface area contributed by atoms with Gasteiger partial charge < -0.3 is 5.11 Å². The number of alkyl halides is 18. The van der Waals surface area contributed by atoms with Gasteiger partial charge in [0, 0.05) is 11.1 Å². The van der Waals surface area contributed by atoms with Crippen molar-refractivity contribution in [3.8, 4) is 0 Å². The van der Waals surface area contributed by atoms with Crippen molar-refractivity contribution in [2.75, 3.05) is 0 Å². The van der Waals surface area contributed by atoms with E-state index in [0.717, 1.165) is 0 Å². The molecule has 1 N–H and O–H groups in total. The molecule has 0 aliphatic carbocycles. The van der Waals surface area contributed by atoms with Crippen LogP contribution in [0.4, 0.5) is 79.0 Å². The molecule has 0 saturated carbocycles. The maximum Gasteiger partial charge on any atom is 0.460 e. The van der Waals surface area contributed by atoms with Crippen LogP contribution in [0.15, 0.2) is 18.2 Å². The van der Waals surface area contributed by atoms with Crippen LogP contribution in [0.25, 0.3) is 0 Å². The van der Waals surface area contributed by atoms with E-state index < -0.39 is 88.4 Å². The predicted octanol–water partition coefficient (Wildman–Crippen LogP) is 7.76. The smallest absolute Gasteiger partial charge is 0.386 e. The molecule has 1 rings (SSSR count). The normalized spacial score (nSPS) is 15.9. The van der Waals surface area contributed by atoms with Crippen LogP contribution in [0, 0.1) is 0 Å². The first-order valence-electron chi connectivity index (χ1n) is 8.61. The summed E-state index contributed by atoms with van der Waals surface area (Å²) in [6, 6.07) is -2.50. The number of hydrogen-bond acceptors (Lipinski definition) is 1. The van der Waals surface area contributed by atoms with E-state index >= 15 is 0 Å². The number of hydrogen-bond donors (Lipinski definition) is 1. The highest BCUT2D eigenvalue weighted by atomic mass is 19.4. The number of benzene rings is 1. The molecule has 0 heterocycles. The lowest BCUT2D eigenvalue weighted by molar-refractivity contribution is -0.400. The van der Waals surface area contributed by atoms with Crippen molar-refractivity contribution in [3.05, 3.63) is 34.9 Å². The first-order valence-corrected chi connectivity index (χ1v) is 8.61. The van der Waals surface area contributed by atoms with Gasteiger partial charge in [-0.05, 0) is 25.5 Å². The first-order chi connectivity index (χ1) is 15.3. The fourth-order valence-corrected chi connectivity index (χ4v) is 2.63. The molecule has 0 amide bonds. The van der Waals surface area contributed by atoms with E-state index in [-0.39, 0.29) is 0 Å². The van der Waals surface area contributed by atoms with Gasteiger partial charge in [0.1, 0.15) is 0 Å². The molecule has 210 valence electrons. The standard InChI is InChI=1S/C17H10F18O/c1-9(2,36)7-4-3-6(10(18,19)12(22,23)14(26,27)16(30,31)32)5-8(7)11(20,21)13(24,25)15(28,29)17(33,34)35/h3-5,36H,1-2H3. The first kappa shape index (κ1) is 31.9. The van der Waals surface area contributed by atoms with E-state index in [1.807, 2.05) is 0 Å². The highest BCUT2D eigenvalue weighted by Gasteiger charge is 2.84. The van der Waals surface area contributed by atoms with Gasteiger partial charge in [-0.25, -0.2) is 0 Å². The molecule has 1 nitrogen and oxygen atoms in total. The van der Waals surface area contributed by atoms with E-state index in [1.165, 1.54) is 0 Å². The Balaban J connectivity index is 4.05. The second kappa shape index (κ2) is 8.21. The van der Waals surface area contributed by atoms with Crippen LogP contribution < -0.4 is 0 Å². The molecular formula is C17H10F18O. The lowest BCUT2D eigenvalue weighted by Crippen LogP contribution is -2.60. The van der Waals surface area contributed by atoms with Crippen LogP contribution in [0.5, 0.6) is 0 Å². The van der Waals surface area contributed by atoms with Gasteiger partial charge in [-0.15, -0.1) is 0 Å². The predicted molar refractivity (Wildman–Crippen MR) is 81.4 cm³/mol. The highest BCUT2D eigenvalue weighted by molar-refractivity contribution is 5.42. The molecule has 0 fully saturated rings. The molecule has 0 aromatic heterocycles. The highest BCUT2D eigenvalue weighted by Crippen LogP contribution is 2.60. The second-order valence-electron chi connectivity index (χ2n) is 7.76. The molecule has 1 aromatic carbocycles. The Morgan fingerprint density at radius 2 is 0.806 bits per heavy atom. The molecule has 0 radical (unpaired) electrons. The average molecular weight is 572 g/mol. The van der Waals surface area contributed by atoms with Crippen LogP contribution in [-0.2, 0) is 17.4 Å². The fraction of sp³-hybridized carbons (Fsp3) is 0.647. The number of aliphatic hydroxyl groups is 1. The summed E-state index contributed by atoms with van der Waals surface area (Å²) in [5.41, 5.74) is -11.1. The lowest BCUT2D eigenvalue weighted by Gasteiger charge is -2.37. The summed E-state index contributed by atoms with van der Waals surface area (Å²) in [5.74, 6) is -44.3.